The summed E-state index contributed by atoms with van der Waals surface area (Å²) in [6, 6.07) is 0. The Morgan fingerprint density at radius 2 is 1.64 bits per heavy atom. The molecule has 1 aliphatic heterocycles. The topological polar surface area (TPSA) is 124 Å². The number of carbonyl (C=O) groups is 3. The highest BCUT2D eigenvalue weighted by Gasteiger charge is 2.71. The Bertz CT molecular complexity index is 1420. The number of piperidine rings is 1. The number of hydrogen-bond acceptors (Lipinski definition) is 7. The number of esters is 1. The van der Waals surface area contributed by atoms with E-state index in [1.165, 1.54) is 5.57 Å². The second-order valence-electron chi connectivity index (χ2n) is 20.1. The Balaban J connectivity index is 1.29. The first-order chi connectivity index (χ1) is 23.1. The monoisotopic (exact) mass is 697 g/mol. The average Bonchev–Trinajstić information content (AvgIpc) is 3.32. The van der Waals surface area contributed by atoms with E-state index in [-0.39, 0.29) is 57.9 Å². The third-order valence-electron chi connectivity index (χ3n) is 16.4. The summed E-state index contributed by atoms with van der Waals surface area (Å²) in [5, 5.41) is 32.2. The van der Waals surface area contributed by atoms with Crippen LogP contribution in [0.3, 0.4) is 0 Å². The van der Waals surface area contributed by atoms with E-state index in [0.29, 0.717) is 31.3 Å². The van der Waals surface area contributed by atoms with Gasteiger partial charge in [0.1, 0.15) is 6.10 Å². The summed E-state index contributed by atoms with van der Waals surface area (Å²) in [4.78, 5) is 41.0. The Morgan fingerprint density at radius 1 is 0.940 bits per heavy atom. The summed E-state index contributed by atoms with van der Waals surface area (Å²) >= 11 is 0. The fourth-order valence-electron chi connectivity index (χ4n) is 13.5. The molecule has 0 aromatic heterocycles. The van der Waals surface area contributed by atoms with Crippen molar-refractivity contribution in [1.29, 1.82) is 0 Å². The summed E-state index contributed by atoms with van der Waals surface area (Å²) in [7, 11) is 0. The van der Waals surface area contributed by atoms with Crippen molar-refractivity contribution >= 4 is 17.7 Å². The minimum Gasteiger partial charge on any atom is -0.481 e. The zero-order chi connectivity index (χ0) is 36.8. The molecule has 0 aromatic rings. The molecule has 0 amide bonds. The summed E-state index contributed by atoms with van der Waals surface area (Å²) in [6.07, 6.45) is 8.63. The van der Waals surface area contributed by atoms with Crippen LogP contribution in [0.15, 0.2) is 11.1 Å². The molecule has 4 saturated carbocycles. The van der Waals surface area contributed by atoms with Gasteiger partial charge in [0.25, 0.3) is 0 Å². The predicted octanol–water partition coefficient (Wildman–Crippen LogP) is 7.20. The third kappa shape index (κ3) is 5.66. The van der Waals surface area contributed by atoms with E-state index in [0.717, 1.165) is 76.3 Å². The van der Waals surface area contributed by atoms with Crippen molar-refractivity contribution in [3.8, 4) is 0 Å². The second-order valence-corrected chi connectivity index (χ2v) is 20.1. The second kappa shape index (κ2) is 12.7. The van der Waals surface area contributed by atoms with Crippen LogP contribution >= 0.6 is 0 Å². The van der Waals surface area contributed by atoms with E-state index < -0.39 is 28.9 Å². The number of aliphatic carboxylic acids is 1. The summed E-state index contributed by atoms with van der Waals surface area (Å²) in [6.45, 7) is 21.6. The molecule has 6 aliphatic rings. The van der Waals surface area contributed by atoms with Gasteiger partial charge in [0, 0.05) is 30.3 Å². The first-order valence-corrected chi connectivity index (χ1v) is 19.9. The normalized spacial score (nSPS) is 42.3. The van der Waals surface area contributed by atoms with Crippen LogP contribution in [0, 0.1) is 56.2 Å². The van der Waals surface area contributed by atoms with Crippen molar-refractivity contribution in [2.75, 3.05) is 19.6 Å². The number of hydrogen-bond donors (Lipinski definition) is 3. The smallest absolute Gasteiger partial charge is 0.309 e. The Kier molecular flexibility index (Phi) is 9.63. The molecule has 5 aliphatic carbocycles. The van der Waals surface area contributed by atoms with Gasteiger partial charge >= 0.3 is 11.9 Å². The van der Waals surface area contributed by atoms with Crippen LogP contribution in [-0.4, -0.2) is 75.9 Å². The van der Waals surface area contributed by atoms with Gasteiger partial charge < -0.3 is 20.1 Å². The Labute approximate surface area is 301 Å². The number of carbonyl (C=O) groups excluding carboxylic acids is 2. The number of aliphatic hydroxyl groups excluding tert-OH is 2. The molecule has 10 atom stereocenters. The Morgan fingerprint density at radius 3 is 2.28 bits per heavy atom. The van der Waals surface area contributed by atoms with E-state index in [1.807, 2.05) is 0 Å². The van der Waals surface area contributed by atoms with Crippen LogP contribution in [0.4, 0.5) is 0 Å². The van der Waals surface area contributed by atoms with Gasteiger partial charge in [-0.15, -0.1) is 0 Å². The lowest BCUT2D eigenvalue weighted by molar-refractivity contribution is -0.235. The van der Waals surface area contributed by atoms with Gasteiger partial charge in [-0.1, -0.05) is 54.0 Å². The number of rotatable bonds is 8. The van der Waals surface area contributed by atoms with Crippen LogP contribution in [-0.2, 0) is 19.1 Å². The summed E-state index contributed by atoms with van der Waals surface area (Å²) in [5.41, 5.74) is 0.478. The van der Waals surface area contributed by atoms with Gasteiger partial charge in [-0.3, -0.25) is 19.3 Å². The molecular formula is C42H67NO7. The summed E-state index contributed by atoms with van der Waals surface area (Å²) < 4.78 is 6.16. The first-order valence-electron chi connectivity index (χ1n) is 19.9. The maximum Gasteiger partial charge on any atom is 0.309 e. The van der Waals surface area contributed by atoms with E-state index in [9.17, 15) is 29.7 Å². The third-order valence-corrected chi connectivity index (χ3v) is 16.4. The minimum atomic E-state index is -1.16. The molecule has 282 valence electrons. The van der Waals surface area contributed by atoms with Crippen molar-refractivity contribution in [2.45, 2.75) is 158 Å². The van der Waals surface area contributed by atoms with Gasteiger partial charge in [0.2, 0.25) is 0 Å². The lowest BCUT2D eigenvalue weighted by atomic mass is 9.33. The molecule has 5 fully saturated rings. The van der Waals surface area contributed by atoms with Gasteiger partial charge in [-0.2, -0.15) is 0 Å². The SMILES string of the molecule is CC(C)C1=C2[C@H]3CC[C@@H]4[C@@]5(C)CC[C@H](OC(=O)CC(C)(C)C(=O)O)C(C)(C)[C@@H]5CC[C@@]4(C)[C@]3(C)CC[C@@]2([C@@H](O)CN2CCC[C@@H](O)C2)CC1=O. The van der Waals surface area contributed by atoms with E-state index in [4.69, 9.17) is 4.74 Å². The quantitative estimate of drug-likeness (QED) is 0.228. The van der Waals surface area contributed by atoms with Crippen molar-refractivity contribution in [3.05, 3.63) is 11.1 Å². The van der Waals surface area contributed by atoms with E-state index in [1.54, 1.807) is 13.8 Å². The van der Waals surface area contributed by atoms with E-state index in [2.05, 4.69) is 53.4 Å². The van der Waals surface area contributed by atoms with Crippen molar-refractivity contribution in [1.82, 2.24) is 4.90 Å². The standard InChI is InChI=1S/C42H67NO7/c1-25(2)34-28(45)21-42(31(46)24-43-20-10-11-26(44)23-43)19-18-40(8)27(35(34)42)12-13-30-39(7)16-15-32(50-33(47)22-37(3,4)36(48)49)38(5,6)29(39)14-17-41(30,40)9/h25-27,29-32,44,46H,10-24H2,1-9H3,(H,48,49)/t26-,27-,29+,30-,31+,32+,39+,40-,41-,42+/m1/s1. The minimum absolute atomic E-state index is 0.00952. The molecule has 0 radical (unpaired) electrons. The average molecular weight is 698 g/mol. The number of β-amino-alcohol motifs (C(OH)–C–C–N with tert-alkyl or cyclic N) is 2. The lowest BCUT2D eigenvalue weighted by Gasteiger charge is -2.72. The number of likely N-dealkylation sites (tertiary alicyclic amines) is 1. The van der Waals surface area contributed by atoms with Gasteiger partial charge in [-0.05, 0) is 130 Å². The molecule has 8 nitrogen and oxygen atoms in total. The first kappa shape index (κ1) is 38.0. The zero-order valence-corrected chi connectivity index (χ0v) is 32.6. The van der Waals surface area contributed by atoms with Crippen LogP contribution in [0.2, 0.25) is 0 Å². The number of fused-ring (bicyclic) bond motifs is 7. The Hall–Kier alpha value is -1.77. The van der Waals surface area contributed by atoms with Crippen molar-refractivity contribution in [3.63, 3.8) is 0 Å². The molecule has 0 aromatic carbocycles. The maximum absolute atomic E-state index is 14.0. The number of carboxylic acid groups (broad SMARTS) is 1. The molecule has 0 bridgehead atoms. The maximum atomic E-state index is 14.0. The van der Waals surface area contributed by atoms with Crippen LogP contribution < -0.4 is 0 Å². The number of aliphatic hydroxyl groups is 2. The largest absolute Gasteiger partial charge is 0.481 e. The molecule has 0 unspecified atom stereocenters. The number of nitrogens with zero attached hydrogens (tertiary/aromatic N) is 1. The summed E-state index contributed by atoms with van der Waals surface area (Å²) in [5.74, 6) is 0.0590. The number of ether oxygens (including phenoxy) is 1. The van der Waals surface area contributed by atoms with Crippen LogP contribution in [0.5, 0.6) is 0 Å². The van der Waals surface area contributed by atoms with Crippen molar-refractivity contribution in [2.24, 2.45) is 56.2 Å². The number of allylic oxidation sites excluding steroid dienone is 1. The van der Waals surface area contributed by atoms with Gasteiger partial charge in [0.15, 0.2) is 5.78 Å². The molecule has 6 rings (SSSR count). The number of Topliss-reactive ketones (excluding diaryl/α,β-unsaturated/α-hetero) is 1. The lowest BCUT2D eigenvalue weighted by Crippen LogP contribution is -2.66. The van der Waals surface area contributed by atoms with Crippen LogP contribution in [0.1, 0.15) is 139 Å². The fraction of sp³-hybridized carbons (Fsp3) is 0.881. The van der Waals surface area contributed by atoms with E-state index >= 15 is 0 Å². The van der Waals surface area contributed by atoms with Gasteiger partial charge in [0.05, 0.1) is 24.0 Å². The zero-order valence-electron chi connectivity index (χ0n) is 32.6. The number of ketones is 1. The highest BCUT2D eigenvalue weighted by Crippen LogP contribution is 2.77. The predicted molar refractivity (Wildman–Crippen MR) is 193 cm³/mol. The molecule has 3 N–H and O–H groups in total. The highest BCUT2D eigenvalue weighted by atomic mass is 16.5. The molecule has 1 heterocycles. The van der Waals surface area contributed by atoms with Crippen LogP contribution in [0.25, 0.3) is 0 Å². The number of carboxylic acids is 1. The fourth-order valence-corrected chi connectivity index (χ4v) is 13.5. The molecule has 8 heteroatoms. The molecular weight excluding hydrogens is 630 g/mol. The molecule has 1 saturated heterocycles. The van der Waals surface area contributed by atoms with Crippen molar-refractivity contribution < 1.29 is 34.4 Å². The molecule has 50 heavy (non-hydrogen) atoms. The molecule has 0 spiro atoms. The van der Waals surface area contributed by atoms with Gasteiger partial charge in [-0.25, -0.2) is 0 Å². The highest BCUT2D eigenvalue weighted by molar-refractivity contribution is 6.00.